The highest BCUT2D eigenvalue weighted by Crippen LogP contribution is 2.25. The summed E-state index contributed by atoms with van der Waals surface area (Å²) in [6.07, 6.45) is 5.58. The van der Waals surface area contributed by atoms with E-state index < -0.39 is 6.10 Å². The van der Waals surface area contributed by atoms with Crippen LogP contribution in [0, 0.1) is 0 Å². The summed E-state index contributed by atoms with van der Waals surface area (Å²) < 4.78 is 19.2. The topological polar surface area (TPSA) is 104 Å². The molecule has 0 saturated carbocycles. The molecule has 1 unspecified atom stereocenters. The summed E-state index contributed by atoms with van der Waals surface area (Å²) in [5.74, 6) is 1.37. The van der Waals surface area contributed by atoms with Crippen molar-refractivity contribution in [1.29, 1.82) is 0 Å². The number of rotatable bonds is 9. The monoisotopic (exact) mass is 427 g/mol. The van der Waals surface area contributed by atoms with E-state index in [9.17, 15) is 9.50 Å². The quantitative estimate of drug-likeness (QED) is 0.417. The van der Waals surface area contributed by atoms with E-state index in [1.165, 1.54) is 6.08 Å². The molecule has 0 amide bonds. The van der Waals surface area contributed by atoms with Crippen molar-refractivity contribution in [2.45, 2.75) is 25.9 Å². The first-order valence-electron chi connectivity index (χ1n) is 10.2. The van der Waals surface area contributed by atoms with E-state index >= 15 is 0 Å². The van der Waals surface area contributed by atoms with E-state index in [1.54, 1.807) is 18.3 Å². The van der Waals surface area contributed by atoms with Crippen LogP contribution in [-0.2, 0) is 6.42 Å². The van der Waals surface area contributed by atoms with Crippen molar-refractivity contribution < 1.29 is 19.3 Å². The van der Waals surface area contributed by atoms with Crippen LogP contribution in [0.5, 0.6) is 5.75 Å². The predicted octanol–water partition coefficient (Wildman–Crippen LogP) is 3.72. The Labute approximate surface area is 182 Å². The second-order valence-corrected chi connectivity index (χ2v) is 6.76. The molecule has 5 N–H and O–H groups in total. The number of aliphatic hydroxyl groups is 2. The van der Waals surface area contributed by atoms with Crippen LogP contribution in [-0.4, -0.2) is 46.0 Å². The number of nitrogens with one attached hydrogen (secondary N) is 1. The fourth-order valence-electron chi connectivity index (χ4n) is 2.63. The minimum absolute atomic E-state index is 0.0672. The van der Waals surface area contributed by atoms with E-state index in [-0.39, 0.29) is 25.6 Å². The molecule has 0 aliphatic rings. The number of halogens is 1. The Bertz CT molecular complexity index is 895. The summed E-state index contributed by atoms with van der Waals surface area (Å²) >= 11 is 0. The SMILES string of the molecule is CCc1ncc[nH]1.NCC(O)COc1ccc(-c2ccc(/C(F)=C/CCO)cc2)cc1. The summed E-state index contributed by atoms with van der Waals surface area (Å²) in [5.41, 5.74) is 7.75. The Hall–Kier alpha value is -3.00. The molecule has 3 rings (SSSR count). The molecule has 166 valence electrons. The maximum Gasteiger partial charge on any atom is 0.126 e. The number of ether oxygens (including phenoxy) is 1. The number of aromatic nitrogens is 2. The van der Waals surface area contributed by atoms with E-state index in [0.717, 1.165) is 23.4 Å². The smallest absolute Gasteiger partial charge is 0.126 e. The molecular weight excluding hydrogens is 397 g/mol. The van der Waals surface area contributed by atoms with Gasteiger partial charge in [0.15, 0.2) is 0 Å². The lowest BCUT2D eigenvalue weighted by atomic mass is 10.0. The van der Waals surface area contributed by atoms with Crippen molar-refractivity contribution in [1.82, 2.24) is 9.97 Å². The lowest BCUT2D eigenvalue weighted by Gasteiger charge is -2.10. The fraction of sp³-hybridized carbons (Fsp3) is 0.292. The van der Waals surface area contributed by atoms with Crippen molar-refractivity contribution in [3.63, 3.8) is 0 Å². The van der Waals surface area contributed by atoms with Crippen molar-refractivity contribution >= 4 is 5.83 Å². The molecule has 0 saturated heterocycles. The number of aromatic amines is 1. The van der Waals surface area contributed by atoms with Crippen molar-refractivity contribution in [3.8, 4) is 16.9 Å². The Morgan fingerprint density at radius 2 is 1.81 bits per heavy atom. The second-order valence-electron chi connectivity index (χ2n) is 6.76. The molecule has 0 spiro atoms. The van der Waals surface area contributed by atoms with Crippen molar-refractivity contribution in [2.24, 2.45) is 5.73 Å². The number of imidazole rings is 1. The maximum atomic E-state index is 13.8. The van der Waals surface area contributed by atoms with Crippen LogP contribution in [0.2, 0.25) is 0 Å². The van der Waals surface area contributed by atoms with Crippen LogP contribution in [0.1, 0.15) is 24.7 Å². The standard InChI is InChI=1S/C19H22FNO3.C5H8N2/c20-19(2-1-11-22)16-5-3-14(4-6-16)15-7-9-18(10-8-15)24-13-17(23)12-21;1-2-5-6-3-4-7-5/h2-10,17,22-23H,1,11-13,21H2;3-4H,2H2,1H3,(H,6,7)/b19-2-;. The summed E-state index contributed by atoms with van der Waals surface area (Å²) in [6, 6.07) is 14.5. The normalized spacial score (nSPS) is 12.1. The lowest BCUT2D eigenvalue weighted by Crippen LogP contribution is -2.26. The van der Waals surface area contributed by atoms with E-state index in [2.05, 4.69) is 16.9 Å². The lowest BCUT2D eigenvalue weighted by molar-refractivity contribution is 0.114. The summed E-state index contributed by atoms with van der Waals surface area (Å²) in [6.45, 7) is 2.32. The third kappa shape index (κ3) is 8.33. The Kier molecular flexibility index (Phi) is 10.4. The molecule has 1 aromatic heterocycles. The molecule has 0 aliphatic heterocycles. The zero-order valence-corrected chi connectivity index (χ0v) is 17.7. The fourth-order valence-corrected chi connectivity index (χ4v) is 2.63. The number of hydrogen-bond acceptors (Lipinski definition) is 5. The third-order valence-corrected chi connectivity index (χ3v) is 4.41. The molecule has 31 heavy (non-hydrogen) atoms. The number of aryl methyl sites for hydroxylation is 1. The molecule has 0 fully saturated rings. The van der Waals surface area contributed by atoms with Gasteiger partial charge in [-0.3, -0.25) is 0 Å². The zero-order valence-electron chi connectivity index (χ0n) is 17.7. The van der Waals surface area contributed by atoms with Gasteiger partial charge in [0.2, 0.25) is 0 Å². The predicted molar refractivity (Wildman–Crippen MR) is 121 cm³/mol. The zero-order chi connectivity index (χ0) is 22.5. The first-order valence-corrected chi connectivity index (χ1v) is 10.2. The van der Waals surface area contributed by atoms with Gasteiger partial charge in [0.1, 0.15) is 30.1 Å². The molecule has 1 heterocycles. The molecule has 0 aliphatic carbocycles. The van der Waals surface area contributed by atoms with E-state index in [4.69, 9.17) is 15.6 Å². The van der Waals surface area contributed by atoms with Crippen LogP contribution in [0.3, 0.4) is 0 Å². The Morgan fingerprint density at radius 1 is 1.16 bits per heavy atom. The van der Waals surface area contributed by atoms with Gasteiger partial charge in [0, 0.05) is 37.5 Å². The van der Waals surface area contributed by atoms with Gasteiger partial charge in [0.25, 0.3) is 0 Å². The molecule has 6 nitrogen and oxygen atoms in total. The first-order chi connectivity index (χ1) is 15.1. The Balaban J connectivity index is 0.000000412. The van der Waals surface area contributed by atoms with Crippen molar-refractivity contribution in [3.05, 3.63) is 78.4 Å². The molecular formula is C24H30FN3O3. The number of hydrogen-bond donors (Lipinski definition) is 4. The van der Waals surface area contributed by atoms with Crippen LogP contribution in [0.15, 0.2) is 67.0 Å². The van der Waals surface area contributed by atoms with Crippen LogP contribution in [0.4, 0.5) is 4.39 Å². The first kappa shape index (κ1) is 24.3. The average Bonchev–Trinajstić information content (AvgIpc) is 3.36. The molecule has 7 heteroatoms. The van der Waals surface area contributed by atoms with Gasteiger partial charge in [-0.15, -0.1) is 0 Å². The van der Waals surface area contributed by atoms with Crippen LogP contribution < -0.4 is 10.5 Å². The number of nitrogens with two attached hydrogens (primary N) is 1. The number of H-pyrrole nitrogens is 1. The minimum Gasteiger partial charge on any atom is -0.491 e. The molecule has 2 aromatic carbocycles. The molecule has 3 aromatic rings. The van der Waals surface area contributed by atoms with E-state index in [1.807, 2.05) is 42.6 Å². The van der Waals surface area contributed by atoms with Gasteiger partial charge in [0.05, 0.1) is 0 Å². The molecule has 1 atom stereocenters. The minimum atomic E-state index is -0.675. The van der Waals surface area contributed by atoms with Crippen LogP contribution >= 0.6 is 0 Å². The molecule has 0 bridgehead atoms. The average molecular weight is 428 g/mol. The number of benzene rings is 2. The largest absolute Gasteiger partial charge is 0.491 e. The number of nitrogens with zero attached hydrogens (tertiary/aromatic N) is 1. The summed E-state index contributed by atoms with van der Waals surface area (Å²) in [4.78, 5) is 6.95. The van der Waals surface area contributed by atoms with Gasteiger partial charge in [-0.05, 0) is 35.8 Å². The second kappa shape index (κ2) is 13.3. The highest BCUT2D eigenvalue weighted by Gasteiger charge is 2.04. The highest BCUT2D eigenvalue weighted by molar-refractivity contribution is 5.68. The van der Waals surface area contributed by atoms with Gasteiger partial charge in [-0.2, -0.15) is 0 Å². The van der Waals surface area contributed by atoms with Crippen molar-refractivity contribution in [2.75, 3.05) is 19.8 Å². The van der Waals surface area contributed by atoms with Gasteiger partial charge >= 0.3 is 0 Å². The molecule has 0 radical (unpaired) electrons. The van der Waals surface area contributed by atoms with Gasteiger partial charge in [-0.25, -0.2) is 9.37 Å². The maximum absolute atomic E-state index is 13.8. The van der Waals surface area contributed by atoms with Gasteiger partial charge < -0.3 is 25.7 Å². The number of aliphatic hydroxyl groups excluding tert-OH is 2. The Morgan fingerprint density at radius 3 is 2.29 bits per heavy atom. The summed E-state index contributed by atoms with van der Waals surface area (Å²) in [7, 11) is 0. The third-order valence-electron chi connectivity index (χ3n) is 4.41. The summed E-state index contributed by atoms with van der Waals surface area (Å²) in [5, 5.41) is 18.1. The van der Waals surface area contributed by atoms with E-state index in [0.29, 0.717) is 17.7 Å². The highest BCUT2D eigenvalue weighted by atomic mass is 19.1. The van der Waals surface area contributed by atoms with Gasteiger partial charge in [-0.1, -0.05) is 43.3 Å². The van der Waals surface area contributed by atoms with Crippen LogP contribution in [0.25, 0.3) is 17.0 Å².